The third-order valence-corrected chi connectivity index (χ3v) is 11.9. The largest absolute Gasteiger partial charge is 0.272 e. The van der Waals surface area contributed by atoms with Crippen LogP contribution in [0.3, 0.4) is 0 Å². The summed E-state index contributed by atoms with van der Waals surface area (Å²) in [5.41, 5.74) is 6.22. The summed E-state index contributed by atoms with van der Waals surface area (Å²) in [6.45, 7) is 7.29. The fourth-order valence-corrected chi connectivity index (χ4v) is 9.08. The molecule has 298 valence electrons. The lowest BCUT2D eigenvalue weighted by molar-refractivity contribution is -0.124. The van der Waals surface area contributed by atoms with Crippen molar-refractivity contribution in [2.45, 2.75) is 39.5 Å². The van der Waals surface area contributed by atoms with Gasteiger partial charge in [-0.25, -0.2) is 20.0 Å². The predicted molar refractivity (Wildman–Crippen MR) is 234 cm³/mol. The van der Waals surface area contributed by atoms with Crippen molar-refractivity contribution in [3.8, 4) is 0 Å². The Bertz CT molecular complexity index is 2270. The highest BCUT2D eigenvalue weighted by molar-refractivity contribution is 6.21. The molecule has 0 fully saturated rings. The molecule has 0 aliphatic carbocycles. The number of hydrazone groups is 4. The Labute approximate surface area is 347 Å². The Morgan fingerprint density at radius 3 is 0.733 bits per heavy atom. The van der Waals surface area contributed by atoms with Crippen LogP contribution in [-0.2, 0) is 19.2 Å². The quantitative estimate of drug-likeness (QED) is 0.142. The van der Waals surface area contributed by atoms with Gasteiger partial charge in [-0.2, -0.15) is 20.4 Å². The Morgan fingerprint density at radius 1 is 0.333 bits per heavy atom. The number of hydrogen-bond acceptors (Lipinski definition) is 8. The van der Waals surface area contributed by atoms with E-state index in [1.807, 2.05) is 173 Å². The highest BCUT2D eigenvalue weighted by Crippen LogP contribution is 2.46. The topological polar surface area (TPSA) is 131 Å². The minimum absolute atomic E-state index is 0.252. The van der Waals surface area contributed by atoms with E-state index in [0.717, 1.165) is 0 Å². The maximum atomic E-state index is 14.6. The lowest BCUT2D eigenvalue weighted by atomic mass is 9.70. The molecule has 4 amide bonds. The first kappa shape index (κ1) is 38.2. The molecule has 0 aromatic heterocycles. The Balaban J connectivity index is 1.13. The fourth-order valence-electron chi connectivity index (χ4n) is 9.08. The fraction of sp³-hybridized carbons (Fsp3) is 0.208. The molecule has 9 rings (SSSR count). The SMILES string of the molecule is CC1=NN(c2ccccc2)C(=O)[C@H]1C(c1ccc(C([C@H]2C(=O)N(c3ccccc3)N=C2C)[C@H]2C(=O)N(c3ccccc3)N=C2C)cc1)[C@@H]1C(=O)N(c2ccccc2)N=C1C. The van der Waals surface area contributed by atoms with E-state index < -0.39 is 35.5 Å². The minimum atomic E-state index is -0.794. The van der Waals surface area contributed by atoms with Gasteiger partial charge in [-0.3, -0.25) is 19.2 Å². The number of para-hydroxylation sites is 4. The number of amides is 4. The summed E-state index contributed by atoms with van der Waals surface area (Å²) in [5, 5.41) is 24.6. The third kappa shape index (κ3) is 6.50. The molecule has 4 aliphatic heterocycles. The van der Waals surface area contributed by atoms with Gasteiger partial charge in [0.1, 0.15) is 0 Å². The van der Waals surface area contributed by atoms with Crippen molar-refractivity contribution in [3.05, 3.63) is 157 Å². The minimum Gasteiger partial charge on any atom is -0.272 e. The standard InChI is InChI=1S/C48H42N8O4/c1-29-39(45(57)53(49-29)35-17-9-5-10-18-35)43(40-30(2)50-54(46(40)58)36-19-11-6-12-20-36)33-25-27-34(28-26-33)44(41-31(3)51-55(47(41)59)37-21-13-7-14-22-37)42-32(4)52-56(48(42)60)38-23-15-8-16-24-38/h5-28,39-44H,1-4H3/t39-,40-,41+,42+. The first-order valence-corrected chi connectivity index (χ1v) is 20.0. The third-order valence-electron chi connectivity index (χ3n) is 11.9. The summed E-state index contributed by atoms with van der Waals surface area (Å²) in [5.74, 6) is -5.57. The van der Waals surface area contributed by atoms with Gasteiger partial charge >= 0.3 is 0 Å². The molecule has 12 nitrogen and oxygen atoms in total. The summed E-state index contributed by atoms with van der Waals surface area (Å²) in [6.07, 6.45) is 0. The normalized spacial score (nSPS) is 21.7. The molecule has 0 saturated heterocycles. The number of nitrogens with zero attached hydrogens (tertiary/aromatic N) is 8. The van der Waals surface area contributed by atoms with Crippen molar-refractivity contribution in [2.75, 3.05) is 20.0 Å². The summed E-state index contributed by atoms with van der Waals surface area (Å²) in [6, 6.07) is 44.6. The van der Waals surface area contributed by atoms with Crippen LogP contribution in [0.1, 0.15) is 50.7 Å². The van der Waals surface area contributed by atoms with E-state index in [1.54, 1.807) is 0 Å². The second-order valence-corrected chi connectivity index (χ2v) is 15.5. The van der Waals surface area contributed by atoms with E-state index in [-0.39, 0.29) is 23.6 Å². The molecule has 4 aliphatic rings. The van der Waals surface area contributed by atoms with Gasteiger partial charge in [0.2, 0.25) is 0 Å². The maximum absolute atomic E-state index is 14.6. The lowest BCUT2D eigenvalue weighted by Gasteiger charge is -2.31. The van der Waals surface area contributed by atoms with Crippen molar-refractivity contribution in [3.63, 3.8) is 0 Å². The van der Waals surface area contributed by atoms with Crippen molar-refractivity contribution in [1.82, 2.24) is 0 Å². The van der Waals surface area contributed by atoms with E-state index in [4.69, 9.17) is 20.4 Å². The van der Waals surface area contributed by atoms with Crippen LogP contribution in [0.4, 0.5) is 22.7 Å². The molecule has 0 spiro atoms. The van der Waals surface area contributed by atoms with E-state index in [0.29, 0.717) is 56.7 Å². The molecule has 12 heteroatoms. The van der Waals surface area contributed by atoms with Crippen LogP contribution in [0.2, 0.25) is 0 Å². The van der Waals surface area contributed by atoms with Gasteiger partial charge in [0, 0.05) is 34.7 Å². The highest BCUT2D eigenvalue weighted by Gasteiger charge is 2.52. The van der Waals surface area contributed by atoms with Gasteiger partial charge in [0.05, 0.1) is 46.4 Å². The molecule has 60 heavy (non-hydrogen) atoms. The summed E-state index contributed by atoms with van der Waals surface area (Å²) in [4.78, 5) is 58.2. The van der Waals surface area contributed by atoms with Crippen LogP contribution in [0.5, 0.6) is 0 Å². The number of carbonyl (C=O) groups is 4. The highest BCUT2D eigenvalue weighted by atomic mass is 16.2. The van der Waals surface area contributed by atoms with E-state index in [2.05, 4.69) is 0 Å². The van der Waals surface area contributed by atoms with E-state index in [9.17, 15) is 19.2 Å². The monoisotopic (exact) mass is 794 g/mol. The first-order chi connectivity index (χ1) is 29.1. The van der Waals surface area contributed by atoms with Gasteiger partial charge in [-0.05, 0) is 87.4 Å². The van der Waals surface area contributed by atoms with Crippen molar-refractivity contribution in [2.24, 2.45) is 44.1 Å². The molecule has 5 aromatic carbocycles. The molecular formula is C48H42N8O4. The zero-order valence-electron chi connectivity index (χ0n) is 33.5. The summed E-state index contributed by atoms with van der Waals surface area (Å²) >= 11 is 0. The van der Waals surface area contributed by atoms with Gasteiger partial charge in [-0.1, -0.05) is 97.1 Å². The molecule has 0 radical (unpaired) electrons. The van der Waals surface area contributed by atoms with Crippen molar-refractivity contribution in [1.29, 1.82) is 0 Å². The number of rotatable bonds is 10. The van der Waals surface area contributed by atoms with Gasteiger partial charge in [-0.15, -0.1) is 0 Å². The van der Waals surface area contributed by atoms with E-state index in [1.165, 1.54) is 20.0 Å². The number of benzene rings is 5. The Kier molecular flexibility index (Phi) is 9.83. The molecule has 0 bridgehead atoms. The Hall–Kier alpha value is -7.34. The molecule has 0 N–H and O–H groups in total. The zero-order chi connectivity index (χ0) is 41.7. The van der Waals surface area contributed by atoms with Crippen LogP contribution in [0, 0.1) is 23.7 Å². The maximum Gasteiger partial charge on any atom is 0.256 e. The number of hydrogen-bond donors (Lipinski definition) is 0. The van der Waals surface area contributed by atoms with Crippen LogP contribution < -0.4 is 20.0 Å². The lowest BCUT2D eigenvalue weighted by Crippen LogP contribution is -2.41. The molecule has 4 heterocycles. The second kappa shape index (κ2) is 15.4. The van der Waals surface area contributed by atoms with Crippen molar-refractivity contribution >= 4 is 69.2 Å². The van der Waals surface area contributed by atoms with Crippen LogP contribution in [0.15, 0.2) is 166 Å². The van der Waals surface area contributed by atoms with Crippen LogP contribution in [0.25, 0.3) is 0 Å². The number of anilines is 4. The molecule has 5 aromatic rings. The van der Waals surface area contributed by atoms with E-state index >= 15 is 0 Å². The molecule has 0 unspecified atom stereocenters. The summed E-state index contributed by atoms with van der Waals surface area (Å²) in [7, 11) is 0. The van der Waals surface area contributed by atoms with Crippen molar-refractivity contribution < 1.29 is 19.2 Å². The predicted octanol–water partition coefficient (Wildman–Crippen LogP) is 8.01. The van der Waals surface area contributed by atoms with Gasteiger partial charge in [0.15, 0.2) is 0 Å². The molecule has 0 saturated carbocycles. The van der Waals surface area contributed by atoms with Gasteiger partial charge < -0.3 is 0 Å². The average molecular weight is 795 g/mol. The first-order valence-electron chi connectivity index (χ1n) is 20.0. The Morgan fingerprint density at radius 2 is 0.533 bits per heavy atom. The van der Waals surface area contributed by atoms with Gasteiger partial charge in [0.25, 0.3) is 23.6 Å². The number of carbonyl (C=O) groups excluding carboxylic acids is 4. The van der Waals surface area contributed by atoms with Crippen LogP contribution in [-0.4, -0.2) is 46.5 Å². The average Bonchev–Trinajstić information content (AvgIpc) is 3.95. The zero-order valence-corrected chi connectivity index (χ0v) is 33.5. The molecule has 4 atom stereocenters. The summed E-state index contributed by atoms with van der Waals surface area (Å²) < 4.78 is 0. The molecular weight excluding hydrogens is 753 g/mol. The van der Waals surface area contributed by atoms with Crippen LogP contribution >= 0.6 is 0 Å². The second-order valence-electron chi connectivity index (χ2n) is 15.5. The smallest absolute Gasteiger partial charge is 0.256 e.